The molecule has 7 heteroatoms. The lowest BCUT2D eigenvalue weighted by molar-refractivity contribution is -0.139. The minimum absolute atomic E-state index is 0.0787. The zero-order chi connectivity index (χ0) is 11.7. The molecule has 6 nitrogen and oxygen atoms in total. The summed E-state index contributed by atoms with van der Waals surface area (Å²) >= 11 is 1.42. The maximum Gasteiger partial charge on any atom is 0.326 e. The van der Waals surface area contributed by atoms with Gasteiger partial charge in [0.1, 0.15) is 11.7 Å². The molecular weight excluding hydrogens is 230 g/mol. The molecule has 0 saturated heterocycles. The predicted octanol–water partition coefficient (Wildman–Crippen LogP) is 0.933. The fourth-order valence-corrected chi connectivity index (χ4v) is 2.12. The lowest BCUT2D eigenvalue weighted by Crippen LogP contribution is -2.24. The van der Waals surface area contributed by atoms with Crippen LogP contribution in [-0.4, -0.2) is 26.2 Å². The first-order chi connectivity index (χ1) is 7.61. The molecular formula is C9H9N3O3S. The van der Waals surface area contributed by atoms with Gasteiger partial charge >= 0.3 is 5.97 Å². The number of aliphatic carboxylic acids is 1. The highest BCUT2D eigenvalue weighted by Gasteiger charge is 2.24. The molecule has 0 saturated carbocycles. The van der Waals surface area contributed by atoms with Crippen molar-refractivity contribution in [3.05, 3.63) is 29.4 Å². The lowest BCUT2D eigenvalue weighted by Gasteiger charge is -2.07. The first-order valence-corrected chi connectivity index (χ1v) is 5.28. The largest absolute Gasteiger partial charge is 0.480 e. The summed E-state index contributed by atoms with van der Waals surface area (Å²) in [5.74, 6) is -1.21. The Labute approximate surface area is 94.5 Å². The molecule has 0 aliphatic heterocycles. The van der Waals surface area contributed by atoms with E-state index < -0.39 is 12.0 Å². The van der Waals surface area contributed by atoms with Gasteiger partial charge in [-0.2, -0.15) is 0 Å². The number of nitrogens with two attached hydrogens (primary N) is 1. The summed E-state index contributed by atoms with van der Waals surface area (Å²) in [5, 5.41) is 23.7. The second kappa shape index (κ2) is 3.95. The van der Waals surface area contributed by atoms with E-state index in [-0.39, 0.29) is 5.69 Å². The predicted molar refractivity (Wildman–Crippen MR) is 57.3 cm³/mol. The van der Waals surface area contributed by atoms with Gasteiger partial charge in [0.05, 0.1) is 6.20 Å². The van der Waals surface area contributed by atoms with E-state index in [1.807, 2.05) is 11.4 Å². The summed E-state index contributed by atoms with van der Waals surface area (Å²) in [7, 11) is 0. The summed E-state index contributed by atoms with van der Waals surface area (Å²) in [6.45, 7) is 0. The zero-order valence-electron chi connectivity index (χ0n) is 8.07. The van der Waals surface area contributed by atoms with Crippen molar-refractivity contribution in [3.8, 4) is 10.4 Å². The second-order valence-corrected chi connectivity index (χ2v) is 4.07. The first-order valence-electron chi connectivity index (χ1n) is 4.40. The van der Waals surface area contributed by atoms with Crippen LogP contribution in [0.4, 0.5) is 0 Å². The topological polar surface area (TPSA) is 101 Å². The number of carboxylic acids is 1. The van der Waals surface area contributed by atoms with Crippen LogP contribution < -0.4 is 5.73 Å². The Bertz CT molecular complexity index is 506. The number of carbonyl (C=O) groups is 1. The van der Waals surface area contributed by atoms with Gasteiger partial charge < -0.3 is 16.0 Å². The SMILES string of the molecule is NC(C(=O)O)c1c(-c2cccs2)cnn1O. The minimum atomic E-state index is -1.30. The van der Waals surface area contributed by atoms with Crippen LogP contribution in [0.5, 0.6) is 0 Å². The molecule has 2 aromatic heterocycles. The number of hydrogen-bond donors (Lipinski definition) is 3. The highest BCUT2D eigenvalue weighted by atomic mass is 32.1. The Morgan fingerprint density at radius 2 is 2.38 bits per heavy atom. The summed E-state index contributed by atoms with van der Waals surface area (Å²) in [5.41, 5.74) is 6.09. The maximum atomic E-state index is 10.8. The van der Waals surface area contributed by atoms with Gasteiger partial charge in [-0.3, -0.25) is 4.79 Å². The van der Waals surface area contributed by atoms with Crippen molar-refractivity contribution < 1.29 is 15.1 Å². The van der Waals surface area contributed by atoms with Gasteiger partial charge in [-0.1, -0.05) is 6.07 Å². The fourth-order valence-electron chi connectivity index (χ4n) is 1.38. The molecule has 16 heavy (non-hydrogen) atoms. The first kappa shape index (κ1) is 10.7. The Balaban J connectivity index is 2.52. The zero-order valence-corrected chi connectivity index (χ0v) is 8.89. The van der Waals surface area contributed by atoms with Crippen LogP contribution in [0.15, 0.2) is 23.7 Å². The van der Waals surface area contributed by atoms with Crippen LogP contribution >= 0.6 is 11.3 Å². The van der Waals surface area contributed by atoms with E-state index >= 15 is 0 Å². The molecule has 2 heterocycles. The molecule has 1 unspecified atom stereocenters. The number of nitrogens with zero attached hydrogens (tertiary/aromatic N) is 2. The molecule has 0 spiro atoms. The van der Waals surface area contributed by atoms with E-state index in [0.717, 1.165) is 4.88 Å². The van der Waals surface area contributed by atoms with Crippen LogP contribution in [-0.2, 0) is 4.79 Å². The molecule has 0 bridgehead atoms. The van der Waals surface area contributed by atoms with Crippen LogP contribution in [0, 0.1) is 0 Å². The lowest BCUT2D eigenvalue weighted by atomic mass is 10.1. The van der Waals surface area contributed by atoms with Crippen molar-refractivity contribution in [1.82, 2.24) is 9.94 Å². The van der Waals surface area contributed by atoms with Crippen molar-refractivity contribution in [2.45, 2.75) is 6.04 Å². The molecule has 1 atom stereocenters. The summed E-state index contributed by atoms with van der Waals surface area (Å²) in [6, 6.07) is 2.33. The number of thiophene rings is 1. The third kappa shape index (κ3) is 1.66. The summed E-state index contributed by atoms with van der Waals surface area (Å²) in [4.78, 5) is 12.1. The molecule has 0 aliphatic carbocycles. The number of hydrogen-bond acceptors (Lipinski definition) is 5. The van der Waals surface area contributed by atoms with E-state index in [1.165, 1.54) is 17.5 Å². The van der Waals surface area contributed by atoms with Crippen molar-refractivity contribution in [3.63, 3.8) is 0 Å². The van der Waals surface area contributed by atoms with Gasteiger partial charge in [0, 0.05) is 10.4 Å². The van der Waals surface area contributed by atoms with E-state index in [9.17, 15) is 10.0 Å². The highest BCUT2D eigenvalue weighted by molar-refractivity contribution is 7.13. The molecule has 0 radical (unpaired) electrons. The maximum absolute atomic E-state index is 10.8. The van der Waals surface area contributed by atoms with E-state index in [0.29, 0.717) is 10.4 Å². The molecule has 4 N–H and O–H groups in total. The van der Waals surface area contributed by atoms with Crippen LogP contribution in [0.1, 0.15) is 11.7 Å². The Hall–Kier alpha value is -1.86. The van der Waals surface area contributed by atoms with Gasteiger partial charge in [0.25, 0.3) is 0 Å². The third-order valence-electron chi connectivity index (χ3n) is 2.13. The Morgan fingerprint density at radius 3 is 2.94 bits per heavy atom. The number of carboxylic acid groups (broad SMARTS) is 1. The Kier molecular flexibility index (Phi) is 2.63. The highest BCUT2D eigenvalue weighted by Crippen LogP contribution is 2.30. The minimum Gasteiger partial charge on any atom is -0.480 e. The van der Waals surface area contributed by atoms with Crippen molar-refractivity contribution in [2.75, 3.05) is 0 Å². The molecule has 84 valence electrons. The summed E-state index contributed by atoms with van der Waals surface area (Å²) in [6.07, 6.45) is 1.39. The average Bonchev–Trinajstić information content (AvgIpc) is 2.84. The Morgan fingerprint density at radius 1 is 1.62 bits per heavy atom. The molecule has 0 amide bonds. The van der Waals surface area contributed by atoms with Crippen LogP contribution in [0.25, 0.3) is 10.4 Å². The van der Waals surface area contributed by atoms with E-state index in [4.69, 9.17) is 10.8 Å². The number of aromatic nitrogens is 2. The van der Waals surface area contributed by atoms with Gasteiger partial charge in [-0.15, -0.1) is 21.3 Å². The van der Waals surface area contributed by atoms with Gasteiger partial charge in [0.15, 0.2) is 0 Å². The smallest absolute Gasteiger partial charge is 0.326 e. The summed E-state index contributed by atoms with van der Waals surface area (Å²) < 4.78 is 0. The molecule has 2 rings (SSSR count). The van der Waals surface area contributed by atoms with Crippen LogP contribution in [0.3, 0.4) is 0 Å². The quantitative estimate of drug-likeness (QED) is 0.692. The van der Waals surface area contributed by atoms with Crippen molar-refractivity contribution in [2.24, 2.45) is 5.73 Å². The third-order valence-corrected chi connectivity index (χ3v) is 3.04. The molecule has 0 fully saturated rings. The monoisotopic (exact) mass is 239 g/mol. The molecule has 0 aliphatic rings. The molecule has 0 aromatic carbocycles. The van der Waals surface area contributed by atoms with Gasteiger partial charge in [-0.05, 0) is 11.4 Å². The fraction of sp³-hybridized carbons (Fsp3) is 0.111. The normalized spacial score (nSPS) is 12.6. The number of rotatable bonds is 3. The van der Waals surface area contributed by atoms with Gasteiger partial charge in [0.2, 0.25) is 0 Å². The average molecular weight is 239 g/mol. The van der Waals surface area contributed by atoms with Crippen LogP contribution in [0.2, 0.25) is 0 Å². The molecule has 2 aromatic rings. The van der Waals surface area contributed by atoms with Gasteiger partial charge in [-0.25, -0.2) is 0 Å². The van der Waals surface area contributed by atoms with E-state index in [1.54, 1.807) is 6.07 Å². The van der Waals surface area contributed by atoms with Crippen molar-refractivity contribution in [1.29, 1.82) is 0 Å². The van der Waals surface area contributed by atoms with Crippen molar-refractivity contribution >= 4 is 17.3 Å². The van der Waals surface area contributed by atoms with E-state index in [2.05, 4.69) is 5.10 Å². The second-order valence-electron chi connectivity index (χ2n) is 3.13. The standard InChI is InChI=1S/C9H9N3O3S/c10-7(9(13)14)8-5(4-11-12(8)15)6-2-1-3-16-6/h1-4,7,15H,10H2,(H,13,14).